The highest BCUT2D eigenvalue weighted by atomic mass is 32.2. The third-order valence-corrected chi connectivity index (χ3v) is 4.63. The molecule has 0 atom stereocenters. The largest absolute Gasteiger partial charge is 0.332 e. The molecule has 3 aromatic heterocycles. The molecular weight excluding hydrogens is 302 g/mol. The third kappa shape index (κ3) is 2.25. The number of aromatic nitrogens is 5. The van der Waals surface area contributed by atoms with E-state index in [1.807, 2.05) is 12.1 Å². The van der Waals surface area contributed by atoms with Crippen LogP contribution < -0.4 is 11.2 Å². The summed E-state index contributed by atoms with van der Waals surface area (Å²) < 4.78 is 4.22. The lowest BCUT2D eigenvalue weighted by Gasteiger charge is -2.03. The third-order valence-electron chi connectivity index (χ3n) is 3.53. The van der Waals surface area contributed by atoms with Crippen molar-refractivity contribution in [3.05, 3.63) is 50.9 Å². The fraction of sp³-hybridized carbons (Fsp3) is 0.286. The Hall–Kier alpha value is -2.35. The van der Waals surface area contributed by atoms with Gasteiger partial charge in [0.05, 0.1) is 0 Å². The number of hydrogen-bond donors (Lipinski definition) is 0. The number of hydrogen-bond acceptors (Lipinski definition) is 5. The van der Waals surface area contributed by atoms with E-state index in [4.69, 9.17) is 0 Å². The van der Waals surface area contributed by atoms with Gasteiger partial charge in [-0.3, -0.25) is 18.9 Å². The number of pyridine rings is 1. The molecule has 0 radical (unpaired) electrons. The van der Waals surface area contributed by atoms with Crippen molar-refractivity contribution in [2.24, 2.45) is 21.1 Å². The first kappa shape index (κ1) is 14.6. The van der Waals surface area contributed by atoms with E-state index in [9.17, 15) is 9.59 Å². The lowest BCUT2D eigenvalue weighted by Crippen LogP contribution is -2.37. The predicted molar refractivity (Wildman–Crippen MR) is 85.0 cm³/mol. The molecule has 22 heavy (non-hydrogen) atoms. The molecule has 0 unspecified atom stereocenters. The summed E-state index contributed by atoms with van der Waals surface area (Å²) in [5, 5.41) is 0.692. The van der Waals surface area contributed by atoms with E-state index < -0.39 is 0 Å². The zero-order valence-electron chi connectivity index (χ0n) is 12.5. The predicted octanol–water partition coefficient (Wildman–Crippen LogP) is 0.658. The molecule has 0 aliphatic rings. The van der Waals surface area contributed by atoms with Gasteiger partial charge in [0.2, 0.25) is 0 Å². The van der Waals surface area contributed by atoms with Gasteiger partial charge < -0.3 is 4.57 Å². The minimum Gasteiger partial charge on any atom is -0.316 e. The summed E-state index contributed by atoms with van der Waals surface area (Å²) in [6.45, 7) is 0. The van der Waals surface area contributed by atoms with E-state index in [1.54, 1.807) is 31.1 Å². The van der Waals surface area contributed by atoms with Crippen molar-refractivity contribution in [3.8, 4) is 0 Å². The van der Waals surface area contributed by atoms with Gasteiger partial charge in [0, 0.05) is 39.3 Å². The Labute approximate surface area is 130 Å². The normalized spacial score (nSPS) is 11.2. The number of nitrogens with zero attached hydrogens (tertiary/aromatic N) is 5. The number of fused-ring (bicyclic) bond motifs is 1. The molecule has 0 saturated carbocycles. The van der Waals surface area contributed by atoms with Crippen molar-refractivity contribution in [3.63, 3.8) is 0 Å². The quantitative estimate of drug-likeness (QED) is 0.663. The molecule has 0 amide bonds. The molecule has 0 spiro atoms. The number of thioether (sulfide) groups is 1. The summed E-state index contributed by atoms with van der Waals surface area (Å²) in [5.74, 6) is 0.694. The maximum atomic E-state index is 12.3. The van der Waals surface area contributed by atoms with Crippen LogP contribution in [0.5, 0.6) is 0 Å². The molecule has 0 bridgehead atoms. The Balaban J connectivity index is 2.07. The van der Waals surface area contributed by atoms with Crippen LogP contribution in [0.2, 0.25) is 0 Å². The molecule has 8 heteroatoms. The summed E-state index contributed by atoms with van der Waals surface area (Å²) in [6.07, 6.45) is 3.52. The van der Waals surface area contributed by atoms with E-state index >= 15 is 0 Å². The standard InChI is InChI=1S/C14H15N5O2S/c1-17-10-11(18(2)14(21)19(3)12(10)20)16-13(17)22-8-9-5-4-6-15-7-9/h4-7H,8H2,1-3H3. The average Bonchev–Trinajstić information content (AvgIpc) is 2.87. The Morgan fingerprint density at radius 2 is 1.91 bits per heavy atom. The SMILES string of the molecule is Cn1c(=O)c2c(nc(SCc3cccnc3)n2C)n(C)c1=O. The van der Waals surface area contributed by atoms with Crippen LogP contribution >= 0.6 is 11.8 Å². The second-order valence-electron chi connectivity index (χ2n) is 4.98. The summed E-state index contributed by atoms with van der Waals surface area (Å²) in [5.41, 5.74) is 1.20. The highest BCUT2D eigenvalue weighted by molar-refractivity contribution is 7.98. The summed E-state index contributed by atoms with van der Waals surface area (Å²) in [4.78, 5) is 32.8. The fourth-order valence-corrected chi connectivity index (χ4v) is 3.16. The molecule has 0 saturated heterocycles. The molecule has 3 rings (SSSR count). The summed E-state index contributed by atoms with van der Waals surface area (Å²) >= 11 is 1.50. The number of aryl methyl sites for hydroxylation is 2. The number of imidazole rings is 1. The highest BCUT2D eigenvalue weighted by Gasteiger charge is 2.17. The smallest absolute Gasteiger partial charge is 0.316 e. The zero-order valence-corrected chi connectivity index (χ0v) is 13.3. The molecule has 0 aromatic carbocycles. The topological polar surface area (TPSA) is 74.7 Å². The monoisotopic (exact) mass is 317 g/mol. The van der Waals surface area contributed by atoms with E-state index in [1.165, 1.54) is 23.4 Å². The van der Waals surface area contributed by atoms with Gasteiger partial charge in [-0.2, -0.15) is 0 Å². The van der Waals surface area contributed by atoms with E-state index in [0.29, 0.717) is 22.1 Å². The van der Waals surface area contributed by atoms with Crippen LogP contribution in [0.1, 0.15) is 5.56 Å². The van der Waals surface area contributed by atoms with Gasteiger partial charge in [-0.05, 0) is 11.6 Å². The van der Waals surface area contributed by atoms with Crippen molar-refractivity contribution in [1.29, 1.82) is 0 Å². The van der Waals surface area contributed by atoms with Gasteiger partial charge in [0.15, 0.2) is 16.3 Å². The van der Waals surface area contributed by atoms with Gasteiger partial charge >= 0.3 is 5.69 Å². The first-order valence-electron chi connectivity index (χ1n) is 6.65. The van der Waals surface area contributed by atoms with Crippen molar-refractivity contribution in [2.45, 2.75) is 10.9 Å². The highest BCUT2D eigenvalue weighted by Crippen LogP contribution is 2.23. The van der Waals surface area contributed by atoms with Crippen LogP contribution in [-0.4, -0.2) is 23.7 Å². The van der Waals surface area contributed by atoms with Crippen LogP contribution in [-0.2, 0) is 26.9 Å². The van der Waals surface area contributed by atoms with Gasteiger partial charge in [-0.15, -0.1) is 0 Å². The van der Waals surface area contributed by atoms with Gasteiger partial charge in [0.1, 0.15) is 0 Å². The molecule has 0 N–H and O–H groups in total. The van der Waals surface area contributed by atoms with Crippen LogP contribution in [0.4, 0.5) is 0 Å². The molecule has 0 aliphatic carbocycles. The Kier molecular flexibility index (Phi) is 3.61. The summed E-state index contributed by atoms with van der Waals surface area (Å²) in [7, 11) is 4.87. The minimum atomic E-state index is -0.376. The molecule has 7 nitrogen and oxygen atoms in total. The van der Waals surface area contributed by atoms with E-state index in [0.717, 1.165) is 10.1 Å². The minimum absolute atomic E-state index is 0.332. The van der Waals surface area contributed by atoms with Gasteiger partial charge in [-0.25, -0.2) is 9.78 Å². The maximum Gasteiger partial charge on any atom is 0.332 e. The lowest BCUT2D eigenvalue weighted by molar-refractivity contribution is 0.705. The van der Waals surface area contributed by atoms with Gasteiger partial charge in [-0.1, -0.05) is 17.8 Å². The Morgan fingerprint density at radius 3 is 2.59 bits per heavy atom. The number of rotatable bonds is 3. The van der Waals surface area contributed by atoms with Crippen LogP contribution in [0, 0.1) is 0 Å². The zero-order chi connectivity index (χ0) is 15.9. The summed E-state index contributed by atoms with van der Waals surface area (Å²) in [6, 6.07) is 3.86. The molecule has 0 fully saturated rings. The molecule has 3 heterocycles. The van der Waals surface area contributed by atoms with Crippen LogP contribution in [0.15, 0.2) is 39.3 Å². The Morgan fingerprint density at radius 1 is 1.14 bits per heavy atom. The van der Waals surface area contributed by atoms with Crippen molar-refractivity contribution in [1.82, 2.24) is 23.7 Å². The van der Waals surface area contributed by atoms with Gasteiger partial charge in [0.25, 0.3) is 5.56 Å². The van der Waals surface area contributed by atoms with E-state index in [-0.39, 0.29) is 11.2 Å². The lowest BCUT2D eigenvalue weighted by atomic mass is 10.3. The van der Waals surface area contributed by atoms with Crippen molar-refractivity contribution >= 4 is 22.9 Å². The molecule has 0 aliphatic heterocycles. The molecule has 114 valence electrons. The van der Waals surface area contributed by atoms with Crippen molar-refractivity contribution in [2.75, 3.05) is 0 Å². The Bertz CT molecular complexity index is 955. The first-order valence-corrected chi connectivity index (χ1v) is 7.63. The average molecular weight is 317 g/mol. The molecule has 3 aromatic rings. The van der Waals surface area contributed by atoms with Crippen LogP contribution in [0.25, 0.3) is 11.2 Å². The van der Waals surface area contributed by atoms with E-state index in [2.05, 4.69) is 9.97 Å². The second kappa shape index (κ2) is 5.45. The maximum absolute atomic E-state index is 12.3. The first-order chi connectivity index (χ1) is 10.5. The molecular formula is C14H15N5O2S. The second-order valence-corrected chi connectivity index (χ2v) is 5.92. The van der Waals surface area contributed by atoms with Crippen molar-refractivity contribution < 1.29 is 0 Å². The fourth-order valence-electron chi connectivity index (χ4n) is 2.26. The van der Waals surface area contributed by atoms with Crippen LogP contribution in [0.3, 0.4) is 0 Å².